The minimum Gasteiger partial charge on any atom is -0.480 e. The lowest BCUT2D eigenvalue weighted by atomic mass is 9.97. The Labute approximate surface area is 259 Å². The van der Waals surface area contributed by atoms with E-state index in [0.29, 0.717) is 5.56 Å². The minimum absolute atomic E-state index is 0.0295. The van der Waals surface area contributed by atoms with Crippen molar-refractivity contribution in [3.63, 3.8) is 0 Å². The lowest BCUT2D eigenvalue weighted by Gasteiger charge is -2.46. The zero-order valence-corrected chi connectivity index (χ0v) is 25.8. The van der Waals surface area contributed by atoms with Gasteiger partial charge in [0.15, 0.2) is 17.7 Å². The first kappa shape index (κ1) is 34.0. The smallest absolute Gasteiger partial charge is 0.459 e. The monoisotopic (exact) mass is 647 g/mol. The number of aliphatic hydroxyl groups is 1. The molecule has 2 aromatic rings. The molecule has 0 aromatic heterocycles. The summed E-state index contributed by atoms with van der Waals surface area (Å²) in [5.74, 6) is -3.71. The molecule has 1 amide bonds. The second-order valence-electron chi connectivity index (χ2n) is 10.7. The van der Waals surface area contributed by atoms with Gasteiger partial charge in [-0.1, -0.05) is 36.4 Å². The van der Waals surface area contributed by atoms with Gasteiger partial charge in [0, 0.05) is 31.9 Å². The summed E-state index contributed by atoms with van der Waals surface area (Å²) in [6, 6.07) is 13.4. The van der Waals surface area contributed by atoms with Gasteiger partial charge in [-0.05, 0) is 49.8 Å². The second kappa shape index (κ2) is 13.6. The summed E-state index contributed by atoms with van der Waals surface area (Å²) in [7, 11) is -3.22. The number of benzene rings is 2. The van der Waals surface area contributed by atoms with E-state index in [-0.39, 0.29) is 11.5 Å². The fourth-order valence-corrected chi connectivity index (χ4v) is 6.15. The first-order valence-electron chi connectivity index (χ1n) is 13.9. The molecule has 45 heavy (non-hydrogen) atoms. The van der Waals surface area contributed by atoms with Crippen LogP contribution in [-0.2, 0) is 28.2 Å². The number of halogens is 1. The maximum Gasteiger partial charge on any atom is 0.459 e. The summed E-state index contributed by atoms with van der Waals surface area (Å²) in [4.78, 5) is 37.3. The van der Waals surface area contributed by atoms with E-state index in [0.717, 1.165) is 18.6 Å². The summed E-state index contributed by atoms with van der Waals surface area (Å²) >= 11 is 0. The van der Waals surface area contributed by atoms with Crippen LogP contribution in [-0.4, -0.2) is 82.5 Å². The van der Waals surface area contributed by atoms with Crippen LogP contribution in [0.2, 0.25) is 0 Å². The highest BCUT2D eigenvalue weighted by Gasteiger charge is 2.59. The third-order valence-electron chi connectivity index (χ3n) is 7.32. The maximum absolute atomic E-state index is 15.9. The quantitative estimate of drug-likeness (QED) is 0.142. The maximum atomic E-state index is 15.9. The Morgan fingerprint density at radius 1 is 1.20 bits per heavy atom. The van der Waals surface area contributed by atoms with E-state index in [1.165, 1.54) is 62.4 Å². The van der Waals surface area contributed by atoms with Crippen molar-refractivity contribution in [1.82, 2.24) is 15.3 Å². The molecular weight excluding hydrogens is 612 g/mol. The third kappa shape index (κ3) is 7.85. The second-order valence-corrected chi connectivity index (χ2v) is 12.4. The largest absolute Gasteiger partial charge is 0.480 e. The number of aliphatic hydroxyl groups excluding tert-OH is 1. The molecule has 7 atom stereocenters. The molecule has 2 aromatic carbocycles. The van der Waals surface area contributed by atoms with Gasteiger partial charge in [0.05, 0.1) is 6.61 Å². The lowest BCUT2D eigenvalue weighted by molar-refractivity contribution is -0.213. The number of carboxylic acids is 1. The highest BCUT2D eigenvalue weighted by molar-refractivity contribution is 7.52. The Hall–Kier alpha value is -3.91. The fraction of sp³-hybridized carbons (Fsp3) is 0.367. The Morgan fingerprint density at radius 3 is 2.49 bits per heavy atom. The molecule has 0 spiro atoms. The molecule has 13 nitrogen and oxygen atoms in total. The van der Waals surface area contributed by atoms with Crippen molar-refractivity contribution in [2.45, 2.75) is 56.8 Å². The highest BCUT2D eigenvalue weighted by Crippen LogP contribution is 2.47. The van der Waals surface area contributed by atoms with E-state index in [1.807, 2.05) is 30.3 Å². The number of methoxy groups -OCH3 is 1. The highest BCUT2D eigenvalue weighted by atomic mass is 31.2. The van der Waals surface area contributed by atoms with Gasteiger partial charge < -0.3 is 34.4 Å². The van der Waals surface area contributed by atoms with Gasteiger partial charge in [0.2, 0.25) is 11.8 Å². The molecule has 1 fully saturated rings. The Morgan fingerprint density at radius 2 is 1.87 bits per heavy atom. The van der Waals surface area contributed by atoms with E-state index >= 15 is 4.39 Å². The van der Waals surface area contributed by atoms with Gasteiger partial charge in [-0.2, -0.15) is 5.09 Å². The minimum atomic E-state index is -4.51. The Bertz CT molecular complexity index is 1500. The number of alkyl halides is 1. The van der Waals surface area contributed by atoms with Crippen LogP contribution in [0.3, 0.4) is 0 Å². The zero-order valence-electron chi connectivity index (χ0n) is 25.0. The predicted molar refractivity (Wildman–Crippen MR) is 159 cm³/mol. The first-order chi connectivity index (χ1) is 21.2. The molecule has 2 heterocycles. The number of allylic oxidation sites excluding steroid dienone is 1. The number of ether oxygens (including phenoxy) is 2. The van der Waals surface area contributed by atoms with Gasteiger partial charge in [-0.25, -0.2) is 8.96 Å². The van der Waals surface area contributed by atoms with Crippen molar-refractivity contribution in [3.05, 3.63) is 84.1 Å². The Balaban J connectivity index is 1.49. The number of carbonyl (C=O) groups is 3. The van der Waals surface area contributed by atoms with Crippen LogP contribution < -0.4 is 14.9 Å². The average molecular weight is 648 g/mol. The van der Waals surface area contributed by atoms with Crippen LogP contribution in [0, 0.1) is 0 Å². The average Bonchev–Trinajstić information content (AvgIpc) is 3.23. The van der Waals surface area contributed by atoms with Gasteiger partial charge in [0.25, 0.3) is 0 Å². The SMILES string of the molecule is COC1(C)NC(=O)C=CN1[C@@H]1O[C@H](COP(=O)(NC(C)C(=O)O)Oc2ccc(C(=O)/C=C/c3ccccc3)cc2)[C@@H](O)[C@@]1(C)F. The molecule has 15 heteroatoms. The first-order valence-corrected chi connectivity index (χ1v) is 15.4. The van der Waals surface area contributed by atoms with E-state index in [9.17, 15) is 29.2 Å². The number of nitrogens with one attached hydrogen (secondary N) is 2. The number of hydrogen-bond acceptors (Lipinski definition) is 10. The molecule has 2 aliphatic heterocycles. The normalized spacial score (nSPS) is 28.4. The van der Waals surface area contributed by atoms with Crippen molar-refractivity contribution in [2.75, 3.05) is 13.7 Å². The molecule has 0 bridgehead atoms. The summed E-state index contributed by atoms with van der Waals surface area (Å²) in [5, 5.41) is 25.1. The summed E-state index contributed by atoms with van der Waals surface area (Å²) in [6.07, 6.45) is 0.741. The molecule has 4 rings (SSSR count). The van der Waals surface area contributed by atoms with Crippen LogP contribution in [0.15, 0.2) is 72.9 Å². The van der Waals surface area contributed by atoms with Crippen molar-refractivity contribution in [3.8, 4) is 5.75 Å². The molecule has 0 radical (unpaired) electrons. The summed E-state index contributed by atoms with van der Waals surface area (Å²) in [5.41, 5.74) is -1.30. The molecule has 2 aliphatic rings. The molecule has 1 saturated heterocycles. The number of aliphatic carboxylic acids is 1. The van der Waals surface area contributed by atoms with Gasteiger partial charge >= 0.3 is 13.7 Å². The number of hydrogen-bond donors (Lipinski definition) is 4. The van der Waals surface area contributed by atoms with Crippen LogP contribution in [0.1, 0.15) is 36.7 Å². The van der Waals surface area contributed by atoms with Crippen LogP contribution in [0.25, 0.3) is 6.08 Å². The third-order valence-corrected chi connectivity index (χ3v) is 8.97. The number of nitrogens with zero attached hydrogens (tertiary/aromatic N) is 1. The summed E-state index contributed by atoms with van der Waals surface area (Å²) in [6.45, 7) is 3.06. The van der Waals surface area contributed by atoms with Crippen molar-refractivity contribution in [2.24, 2.45) is 0 Å². The van der Waals surface area contributed by atoms with E-state index in [4.69, 9.17) is 18.5 Å². The summed E-state index contributed by atoms with van der Waals surface area (Å²) < 4.78 is 51.9. The molecule has 3 unspecified atom stereocenters. The van der Waals surface area contributed by atoms with Gasteiger partial charge in [-0.3, -0.25) is 18.9 Å². The lowest BCUT2D eigenvalue weighted by Crippen LogP contribution is -2.66. The predicted octanol–water partition coefficient (Wildman–Crippen LogP) is 3.23. The van der Waals surface area contributed by atoms with Gasteiger partial charge in [0.1, 0.15) is 24.0 Å². The van der Waals surface area contributed by atoms with E-state index in [2.05, 4.69) is 10.4 Å². The van der Waals surface area contributed by atoms with Gasteiger partial charge in [-0.15, -0.1) is 0 Å². The van der Waals surface area contributed by atoms with Crippen molar-refractivity contribution >= 4 is 31.5 Å². The van der Waals surface area contributed by atoms with E-state index in [1.54, 1.807) is 6.08 Å². The topological polar surface area (TPSA) is 173 Å². The Kier molecular flexibility index (Phi) is 10.3. The molecular formula is C30H35FN3O10P. The number of carbonyl (C=O) groups excluding carboxylic acids is 2. The standard InChI is InChI=1S/C30H35FN3O10P/c1-19(27(38)39)33-45(40,44-22-13-11-21(12-14-22)23(35)15-10-20-8-6-5-7-9-20)42-18-24-26(37)29(2,31)28(43-24)34-17-16-25(36)32-30(34,3)41-4/h5-17,19,24,26,28,37H,18H2,1-4H3,(H,32,36)(H,33,40)(H,38,39)/b15-10+/t19?,24-,26-,28-,29-,30?,45?/m1/s1. The molecule has 0 aliphatic carbocycles. The molecule has 0 saturated carbocycles. The number of rotatable bonds is 13. The van der Waals surface area contributed by atoms with Crippen LogP contribution in [0.5, 0.6) is 5.75 Å². The van der Waals surface area contributed by atoms with Crippen LogP contribution >= 0.6 is 7.75 Å². The number of amides is 1. The van der Waals surface area contributed by atoms with Crippen LogP contribution in [0.4, 0.5) is 4.39 Å². The number of carboxylic acid groups (broad SMARTS) is 1. The zero-order chi connectivity index (χ0) is 33.0. The van der Waals surface area contributed by atoms with Crippen molar-refractivity contribution in [1.29, 1.82) is 0 Å². The fourth-order valence-electron chi connectivity index (χ4n) is 4.64. The van der Waals surface area contributed by atoms with E-state index < -0.39 is 62.2 Å². The number of ketones is 1. The van der Waals surface area contributed by atoms with Crippen molar-refractivity contribution < 1.29 is 52.1 Å². The molecule has 4 N–H and O–H groups in total. The molecule has 242 valence electrons.